The minimum Gasteiger partial charge on any atom is -0.452 e. The van der Waals surface area contributed by atoms with Gasteiger partial charge < -0.3 is 15.0 Å². The Morgan fingerprint density at radius 2 is 1.92 bits per heavy atom. The predicted molar refractivity (Wildman–Crippen MR) is 97.7 cm³/mol. The van der Waals surface area contributed by atoms with Crippen LogP contribution in [0.2, 0.25) is 0 Å². The largest absolute Gasteiger partial charge is 0.452 e. The number of esters is 1. The highest BCUT2D eigenvalue weighted by atomic mass is 16.5. The fraction of sp³-hybridized carbons (Fsp3) is 0.368. The normalized spacial score (nSPS) is 10.4. The summed E-state index contributed by atoms with van der Waals surface area (Å²) in [5.41, 5.74) is 1.75. The van der Waals surface area contributed by atoms with Gasteiger partial charge in [-0.15, -0.1) is 0 Å². The molecule has 0 bridgehead atoms. The van der Waals surface area contributed by atoms with Crippen molar-refractivity contribution in [3.05, 3.63) is 41.6 Å². The van der Waals surface area contributed by atoms with E-state index in [0.29, 0.717) is 35.2 Å². The highest BCUT2D eigenvalue weighted by Gasteiger charge is 2.19. The van der Waals surface area contributed by atoms with Gasteiger partial charge in [-0.05, 0) is 32.9 Å². The van der Waals surface area contributed by atoms with E-state index in [1.165, 1.54) is 4.90 Å². The summed E-state index contributed by atoms with van der Waals surface area (Å²) in [4.78, 5) is 42.0. The molecule has 2 rings (SSSR count). The van der Waals surface area contributed by atoms with E-state index in [4.69, 9.17) is 4.74 Å². The number of para-hydroxylation sites is 1. The molecule has 0 saturated carbocycles. The van der Waals surface area contributed by atoms with Crippen LogP contribution in [0.15, 0.2) is 30.3 Å². The average molecular weight is 357 g/mol. The number of ether oxygens (including phenoxy) is 1. The number of benzene rings is 1. The molecular weight excluding hydrogens is 334 g/mol. The number of hydrogen-bond donors (Lipinski definition) is 1. The van der Waals surface area contributed by atoms with Gasteiger partial charge >= 0.3 is 5.97 Å². The van der Waals surface area contributed by atoms with Crippen molar-refractivity contribution in [1.29, 1.82) is 0 Å². The molecule has 0 unspecified atom stereocenters. The van der Waals surface area contributed by atoms with Crippen LogP contribution in [0, 0.1) is 6.92 Å². The molecular formula is C19H23N3O4. The lowest BCUT2D eigenvalue weighted by molar-refractivity contribution is -0.138. The van der Waals surface area contributed by atoms with Crippen molar-refractivity contribution in [2.24, 2.45) is 0 Å². The zero-order valence-electron chi connectivity index (χ0n) is 15.2. The summed E-state index contributed by atoms with van der Waals surface area (Å²) >= 11 is 0. The number of amides is 2. The monoisotopic (exact) mass is 357 g/mol. The Hall–Kier alpha value is -2.96. The number of likely N-dealkylation sites (N-methyl/N-ethyl adjacent to an activating group) is 2. The first-order valence-corrected chi connectivity index (χ1v) is 8.54. The lowest BCUT2D eigenvalue weighted by atomic mass is 10.1. The van der Waals surface area contributed by atoms with Gasteiger partial charge in [-0.2, -0.15) is 0 Å². The summed E-state index contributed by atoms with van der Waals surface area (Å²) in [5, 5.41) is 3.31. The van der Waals surface area contributed by atoms with Gasteiger partial charge in [0.05, 0.1) is 17.6 Å². The number of aryl methyl sites for hydroxylation is 1. The maximum absolute atomic E-state index is 12.5. The van der Waals surface area contributed by atoms with Crippen LogP contribution in [0.1, 0.15) is 29.9 Å². The van der Waals surface area contributed by atoms with Crippen LogP contribution >= 0.6 is 0 Å². The number of rotatable bonds is 7. The molecule has 0 aliphatic rings. The van der Waals surface area contributed by atoms with Gasteiger partial charge in [0.1, 0.15) is 0 Å². The zero-order chi connectivity index (χ0) is 19.1. The first kappa shape index (κ1) is 19.4. The standard InChI is InChI=1S/C19H23N3O4/c1-4-20-17(23)11-22(5-2)18(24)12-26-19(25)15-10-13(3)21-16-9-7-6-8-14(15)16/h6-10H,4-5,11-12H2,1-3H3,(H,20,23). The first-order valence-electron chi connectivity index (χ1n) is 8.54. The summed E-state index contributed by atoms with van der Waals surface area (Å²) < 4.78 is 5.19. The highest BCUT2D eigenvalue weighted by molar-refractivity contribution is 6.04. The Morgan fingerprint density at radius 3 is 2.62 bits per heavy atom. The van der Waals surface area contributed by atoms with Crippen molar-refractivity contribution in [3.8, 4) is 0 Å². The third-order valence-electron chi connectivity index (χ3n) is 3.83. The molecule has 0 aliphatic carbocycles. The predicted octanol–water partition coefficient (Wildman–Crippen LogP) is 1.68. The maximum atomic E-state index is 12.5. The van der Waals surface area contributed by atoms with Crippen LogP contribution in [0.25, 0.3) is 10.9 Å². The van der Waals surface area contributed by atoms with Gasteiger partial charge in [0, 0.05) is 24.2 Å². The van der Waals surface area contributed by atoms with Crippen LogP contribution in [-0.4, -0.2) is 53.9 Å². The molecule has 7 heteroatoms. The van der Waals surface area contributed by atoms with E-state index in [2.05, 4.69) is 10.3 Å². The minimum absolute atomic E-state index is 0.0575. The number of carbonyl (C=O) groups excluding carboxylic acids is 3. The second-order valence-corrected chi connectivity index (χ2v) is 5.77. The molecule has 0 radical (unpaired) electrons. The van der Waals surface area contributed by atoms with Crippen LogP contribution in [-0.2, 0) is 14.3 Å². The summed E-state index contributed by atoms with van der Waals surface area (Å²) in [6.45, 7) is 5.73. The number of hydrogen-bond acceptors (Lipinski definition) is 5. The molecule has 138 valence electrons. The molecule has 1 heterocycles. The quantitative estimate of drug-likeness (QED) is 0.762. The second kappa shape index (κ2) is 8.94. The van der Waals surface area contributed by atoms with Gasteiger partial charge in [0.2, 0.25) is 5.91 Å². The van der Waals surface area contributed by atoms with Gasteiger partial charge in [0.25, 0.3) is 5.91 Å². The first-order chi connectivity index (χ1) is 12.5. The SMILES string of the molecule is CCNC(=O)CN(CC)C(=O)COC(=O)c1cc(C)nc2ccccc12. The Balaban J connectivity index is 2.06. The van der Waals surface area contributed by atoms with E-state index in [1.807, 2.05) is 18.2 Å². The number of aromatic nitrogens is 1. The van der Waals surface area contributed by atoms with Gasteiger partial charge in [-0.25, -0.2) is 4.79 Å². The molecule has 1 aromatic carbocycles. The van der Waals surface area contributed by atoms with Crippen LogP contribution < -0.4 is 5.32 Å². The Morgan fingerprint density at radius 1 is 1.19 bits per heavy atom. The van der Waals surface area contributed by atoms with Crippen LogP contribution in [0.5, 0.6) is 0 Å². The van der Waals surface area contributed by atoms with E-state index in [1.54, 1.807) is 32.9 Å². The number of carbonyl (C=O) groups is 3. The second-order valence-electron chi connectivity index (χ2n) is 5.77. The average Bonchev–Trinajstić information content (AvgIpc) is 2.63. The van der Waals surface area contributed by atoms with Crippen LogP contribution in [0.4, 0.5) is 0 Å². The van der Waals surface area contributed by atoms with Crippen molar-refractivity contribution in [1.82, 2.24) is 15.2 Å². The van der Waals surface area contributed by atoms with E-state index in [9.17, 15) is 14.4 Å². The van der Waals surface area contributed by atoms with Gasteiger partial charge in [-0.1, -0.05) is 18.2 Å². The minimum atomic E-state index is -0.589. The van der Waals surface area contributed by atoms with Crippen LogP contribution in [0.3, 0.4) is 0 Å². The molecule has 2 amide bonds. The maximum Gasteiger partial charge on any atom is 0.339 e. The van der Waals surface area contributed by atoms with E-state index < -0.39 is 18.5 Å². The van der Waals surface area contributed by atoms with E-state index in [-0.39, 0.29) is 12.5 Å². The number of fused-ring (bicyclic) bond motifs is 1. The van der Waals surface area contributed by atoms with Crippen molar-refractivity contribution in [2.45, 2.75) is 20.8 Å². The third kappa shape index (κ3) is 4.78. The molecule has 0 aliphatic heterocycles. The third-order valence-corrected chi connectivity index (χ3v) is 3.83. The Kier molecular flexibility index (Phi) is 6.66. The molecule has 0 spiro atoms. The number of pyridine rings is 1. The number of nitrogens with zero attached hydrogens (tertiary/aromatic N) is 2. The molecule has 0 saturated heterocycles. The number of nitrogens with one attached hydrogen (secondary N) is 1. The lowest BCUT2D eigenvalue weighted by Gasteiger charge is -2.20. The fourth-order valence-corrected chi connectivity index (χ4v) is 2.58. The molecule has 7 nitrogen and oxygen atoms in total. The van der Waals surface area contributed by atoms with E-state index >= 15 is 0 Å². The van der Waals surface area contributed by atoms with Crippen molar-refractivity contribution in [3.63, 3.8) is 0 Å². The lowest BCUT2D eigenvalue weighted by Crippen LogP contribution is -2.42. The van der Waals surface area contributed by atoms with Gasteiger partial charge in [0.15, 0.2) is 6.61 Å². The molecule has 2 aromatic rings. The molecule has 0 fully saturated rings. The zero-order valence-corrected chi connectivity index (χ0v) is 15.2. The molecule has 0 atom stereocenters. The Labute approximate surface area is 152 Å². The summed E-state index contributed by atoms with van der Waals surface area (Å²) in [7, 11) is 0. The smallest absolute Gasteiger partial charge is 0.339 e. The van der Waals surface area contributed by atoms with E-state index in [0.717, 1.165) is 0 Å². The summed E-state index contributed by atoms with van der Waals surface area (Å²) in [5.74, 6) is -1.25. The molecule has 1 aromatic heterocycles. The highest BCUT2D eigenvalue weighted by Crippen LogP contribution is 2.19. The Bertz CT molecular complexity index is 820. The van der Waals surface area contributed by atoms with Crippen molar-refractivity contribution in [2.75, 3.05) is 26.2 Å². The topological polar surface area (TPSA) is 88.6 Å². The fourth-order valence-electron chi connectivity index (χ4n) is 2.58. The molecule has 26 heavy (non-hydrogen) atoms. The van der Waals surface area contributed by atoms with Crippen molar-refractivity contribution >= 4 is 28.7 Å². The van der Waals surface area contributed by atoms with Crippen molar-refractivity contribution < 1.29 is 19.1 Å². The van der Waals surface area contributed by atoms with Gasteiger partial charge in [-0.3, -0.25) is 14.6 Å². The summed E-state index contributed by atoms with van der Waals surface area (Å²) in [6.07, 6.45) is 0. The summed E-state index contributed by atoms with van der Waals surface area (Å²) in [6, 6.07) is 8.89. The molecule has 1 N–H and O–H groups in total.